The summed E-state index contributed by atoms with van der Waals surface area (Å²) in [6.45, 7) is 0.0263. The fraction of sp³-hybridized carbons (Fsp3) is 0.800. The van der Waals surface area contributed by atoms with Crippen LogP contribution in [0.15, 0.2) is 0 Å². The summed E-state index contributed by atoms with van der Waals surface area (Å²) in [6, 6.07) is -1.06. The third kappa shape index (κ3) is 15.0. The van der Waals surface area contributed by atoms with Crippen LogP contribution in [0, 0.1) is 0 Å². The molecule has 0 aliphatic rings. The second-order valence-electron chi connectivity index (χ2n) is 3.35. The summed E-state index contributed by atoms with van der Waals surface area (Å²) in [7, 11) is 0. The van der Waals surface area contributed by atoms with Crippen molar-refractivity contribution in [3.8, 4) is 0 Å². The van der Waals surface area contributed by atoms with Crippen LogP contribution in [-0.4, -0.2) is 54.6 Å². The van der Waals surface area contributed by atoms with Gasteiger partial charge in [0.25, 0.3) is 0 Å². The zero-order valence-electron chi connectivity index (χ0n) is 13.6. The van der Waals surface area contributed by atoms with Gasteiger partial charge in [0.15, 0.2) is 0 Å². The van der Waals surface area contributed by atoms with Crippen LogP contribution < -0.4 is 64.8 Å². The molecule has 0 amide bonds. The molecule has 0 bridgehead atoms. The number of hydrogen-bond donors (Lipinski definition) is 3. The Balaban J connectivity index is -0.000000213. The fourth-order valence-corrected chi connectivity index (χ4v) is 0.917. The van der Waals surface area contributed by atoms with Crippen molar-refractivity contribution in [2.24, 2.45) is 5.73 Å². The quantitative estimate of drug-likeness (QED) is 0.220. The maximum atomic E-state index is 11.2. The Morgan fingerprint density at radius 3 is 2.00 bits per heavy atom. The summed E-state index contributed by atoms with van der Waals surface area (Å²) in [5.74, 6) is -1.30. The smallest absolute Gasteiger partial charge is 1.00 e. The third-order valence-corrected chi connectivity index (χ3v) is 1.80. The molecule has 7 nitrogen and oxygen atoms in total. The first-order chi connectivity index (χ1) is 8.11. The van der Waals surface area contributed by atoms with Gasteiger partial charge in [-0.15, -0.1) is 0 Å². The molecule has 1 atom stereocenters. The van der Waals surface area contributed by atoms with E-state index < -0.39 is 18.0 Å². The molecule has 0 aromatic carbocycles. The first-order valence-electron chi connectivity index (χ1n) is 5.41. The summed E-state index contributed by atoms with van der Waals surface area (Å²) >= 11 is 0. The van der Waals surface area contributed by atoms with Gasteiger partial charge in [-0.3, -0.25) is 9.59 Å². The maximum absolute atomic E-state index is 11.2. The van der Waals surface area contributed by atoms with Crippen molar-refractivity contribution in [2.45, 2.75) is 25.3 Å². The van der Waals surface area contributed by atoms with E-state index in [1.54, 1.807) is 0 Å². The van der Waals surface area contributed by atoms with Gasteiger partial charge < -0.3 is 28.3 Å². The molecule has 104 valence electrons. The average Bonchev–Trinajstić information content (AvgIpc) is 2.29. The number of carbonyl (C=O) groups is 2. The second-order valence-corrected chi connectivity index (χ2v) is 3.35. The maximum Gasteiger partial charge on any atom is 1.00 e. The Morgan fingerprint density at radius 2 is 1.53 bits per heavy atom. The molecule has 0 aliphatic carbocycles. The summed E-state index contributed by atoms with van der Waals surface area (Å²) in [5.41, 5.74) is 5.42. The van der Waals surface area contributed by atoms with Crippen molar-refractivity contribution in [3.63, 3.8) is 0 Å². The van der Waals surface area contributed by atoms with Gasteiger partial charge in [0.05, 0.1) is 19.6 Å². The Bertz CT molecular complexity index is 252. The minimum absolute atomic E-state index is 0. The normalized spacial score (nSPS) is 10.7. The van der Waals surface area contributed by atoms with Gasteiger partial charge in [-0.25, -0.2) is 0 Å². The number of aliphatic hydroxyl groups excluding tert-OH is 2. The summed E-state index contributed by atoms with van der Waals surface area (Å²) in [4.78, 5) is 22.3. The van der Waals surface area contributed by atoms with E-state index in [1.807, 2.05) is 0 Å². The topological polar surface area (TPSA) is 119 Å². The minimum Gasteiger partial charge on any atom is -1.00 e. The molecular weight excluding hydrogens is 276 g/mol. The Labute approximate surface area is 159 Å². The predicted octanol–water partition coefficient (Wildman–Crippen LogP) is -7.21. The van der Waals surface area contributed by atoms with Crippen LogP contribution in [-0.2, 0) is 19.1 Å². The van der Waals surface area contributed by atoms with E-state index in [4.69, 9.17) is 25.4 Å². The van der Waals surface area contributed by atoms with Gasteiger partial charge in [0.1, 0.15) is 6.04 Å². The largest absolute Gasteiger partial charge is 1.00 e. The number of rotatable bonds is 9. The van der Waals surface area contributed by atoms with Crippen LogP contribution in [0.2, 0.25) is 0 Å². The zero-order chi connectivity index (χ0) is 13.1. The number of hydrogen-bond acceptors (Lipinski definition) is 7. The molecule has 0 saturated heterocycles. The van der Waals surface area contributed by atoms with Crippen LogP contribution in [0.1, 0.15) is 22.1 Å². The van der Waals surface area contributed by atoms with E-state index in [1.165, 1.54) is 0 Å². The van der Waals surface area contributed by atoms with E-state index >= 15 is 0 Å². The van der Waals surface area contributed by atoms with Gasteiger partial charge >= 0.3 is 71.1 Å². The zero-order valence-corrected chi connectivity index (χ0v) is 15.6. The number of nitrogens with two attached hydrogens (primary N) is 1. The van der Waals surface area contributed by atoms with Crippen molar-refractivity contribution < 1.29 is 91.2 Å². The van der Waals surface area contributed by atoms with E-state index in [0.717, 1.165) is 0 Å². The molecule has 0 unspecified atom stereocenters. The summed E-state index contributed by atoms with van der Waals surface area (Å²) in [5, 5.41) is 16.9. The first-order valence-corrected chi connectivity index (χ1v) is 5.41. The molecule has 0 fully saturated rings. The molecule has 0 aliphatic heterocycles. The fourth-order valence-electron chi connectivity index (χ4n) is 0.917. The predicted molar refractivity (Wildman–Crippen MR) is 60.1 cm³/mol. The number of esters is 2. The van der Waals surface area contributed by atoms with Crippen LogP contribution >= 0.6 is 0 Å². The van der Waals surface area contributed by atoms with Crippen LogP contribution in [0.4, 0.5) is 0 Å². The van der Waals surface area contributed by atoms with Crippen LogP contribution in [0.5, 0.6) is 0 Å². The van der Waals surface area contributed by atoms with Crippen LogP contribution in [0.25, 0.3) is 0 Å². The first kappa shape index (κ1) is 24.8. The van der Waals surface area contributed by atoms with Crippen molar-refractivity contribution in [1.82, 2.24) is 0 Å². The molecular formula is C10H21NNa2O6. The van der Waals surface area contributed by atoms with Crippen molar-refractivity contribution in [2.75, 3.05) is 26.4 Å². The number of carbonyl (C=O) groups excluding carboxylic acids is 2. The molecule has 0 spiro atoms. The number of aliphatic hydroxyl groups is 2. The molecule has 0 aromatic rings. The summed E-state index contributed by atoms with van der Waals surface area (Å²) in [6.07, 6.45) is 0.421. The van der Waals surface area contributed by atoms with E-state index in [2.05, 4.69) is 0 Å². The van der Waals surface area contributed by atoms with Gasteiger partial charge in [-0.2, -0.15) is 0 Å². The monoisotopic (exact) mass is 297 g/mol. The van der Waals surface area contributed by atoms with Gasteiger partial charge in [-0.05, 0) is 0 Å². The van der Waals surface area contributed by atoms with E-state index in [9.17, 15) is 9.59 Å². The SMILES string of the molecule is N[C@@H](CC(=O)OCCCO)C(=O)OCCCO.[H-].[H-].[Na+].[Na+]. The van der Waals surface area contributed by atoms with Crippen molar-refractivity contribution in [1.29, 1.82) is 0 Å². The molecule has 0 rings (SSSR count). The van der Waals surface area contributed by atoms with Crippen molar-refractivity contribution >= 4 is 11.9 Å². The number of ether oxygens (including phenoxy) is 2. The molecule has 0 heterocycles. The molecule has 19 heavy (non-hydrogen) atoms. The van der Waals surface area contributed by atoms with Crippen molar-refractivity contribution in [3.05, 3.63) is 0 Å². The van der Waals surface area contributed by atoms with Gasteiger partial charge in [0.2, 0.25) is 0 Å². The van der Waals surface area contributed by atoms with Crippen LogP contribution in [0.3, 0.4) is 0 Å². The Hall–Kier alpha value is 0.820. The molecule has 0 aromatic heterocycles. The standard InChI is InChI=1S/C10H19NO6.2Na.2H/c11-8(10(15)17-6-2-4-13)7-9(14)16-5-1-3-12;;;;/h8,12-13H,1-7,11H2;;;;/q;2*+1;2*-1/t8-;;;;/m0..../s1. The average molecular weight is 297 g/mol. The molecule has 0 saturated carbocycles. The minimum atomic E-state index is -1.06. The second kappa shape index (κ2) is 16.9. The Morgan fingerprint density at radius 1 is 1.05 bits per heavy atom. The third-order valence-electron chi connectivity index (χ3n) is 1.80. The molecule has 4 N–H and O–H groups in total. The Kier molecular flexibility index (Phi) is 22.0. The van der Waals surface area contributed by atoms with E-state index in [0.29, 0.717) is 12.8 Å². The van der Waals surface area contributed by atoms with Gasteiger partial charge in [0, 0.05) is 26.1 Å². The van der Waals surface area contributed by atoms with Gasteiger partial charge in [-0.1, -0.05) is 0 Å². The summed E-state index contributed by atoms with van der Waals surface area (Å²) < 4.78 is 9.40. The molecule has 0 radical (unpaired) electrons. The molecule has 9 heteroatoms. The van der Waals surface area contributed by atoms with E-state index in [-0.39, 0.29) is 94.8 Å².